The Kier molecular flexibility index (Phi) is 5.60. The maximum absolute atomic E-state index is 12.0. The maximum Gasteiger partial charge on any atom is 0.317 e. The van der Waals surface area contributed by atoms with Crippen LogP contribution in [-0.2, 0) is 4.79 Å². The number of carboxylic acid groups (broad SMARTS) is 1. The van der Waals surface area contributed by atoms with E-state index >= 15 is 0 Å². The average Bonchev–Trinajstić information content (AvgIpc) is 2.37. The largest absolute Gasteiger partial charge is 0.481 e. The van der Waals surface area contributed by atoms with E-state index in [0.29, 0.717) is 6.04 Å². The zero-order valence-electron chi connectivity index (χ0n) is 12.2. The van der Waals surface area contributed by atoms with Crippen molar-refractivity contribution in [3.05, 3.63) is 0 Å². The number of carbonyl (C=O) groups excluding carboxylic acids is 1. The molecule has 0 aromatic rings. The SMILES string of the molecule is CC(NC(=O)N1CCC(N(C)C)CC1)C(C)C(=O)O. The lowest BCUT2D eigenvalue weighted by atomic mass is 10.0. The molecule has 2 unspecified atom stereocenters. The lowest BCUT2D eigenvalue weighted by Crippen LogP contribution is -2.51. The molecule has 2 N–H and O–H groups in total. The summed E-state index contributed by atoms with van der Waals surface area (Å²) >= 11 is 0. The van der Waals surface area contributed by atoms with E-state index in [1.807, 2.05) is 0 Å². The molecule has 1 saturated heterocycles. The molecule has 0 aromatic carbocycles. The monoisotopic (exact) mass is 271 g/mol. The molecule has 1 aliphatic heterocycles. The average molecular weight is 271 g/mol. The number of hydrogen-bond acceptors (Lipinski definition) is 3. The van der Waals surface area contributed by atoms with Crippen LogP contribution in [0.15, 0.2) is 0 Å². The van der Waals surface area contributed by atoms with Crippen molar-refractivity contribution in [3.8, 4) is 0 Å². The molecule has 1 heterocycles. The van der Waals surface area contributed by atoms with Gasteiger partial charge in [0, 0.05) is 25.2 Å². The summed E-state index contributed by atoms with van der Waals surface area (Å²) in [5.74, 6) is -1.47. The van der Waals surface area contributed by atoms with E-state index in [-0.39, 0.29) is 12.1 Å². The van der Waals surface area contributed by atoms with Crippen molar-refractivity contribution in [1.29, 1.82) is 0 Å². The van der Waals surface area contributed by atoms with Gasteiger partial charge in [0.15, 0.2) is 0 Å². The van der Waals surface area contributed by atoms with E-state index < -0.39 is 11.9 Å². The van der Waals surface area contributed by atoms with Crippen molar-refractivity contribution < 1.29 is 14.7 Å². The van der Waals surface area contributed by atoms with Crippen molar-refractivity contribution in [1.82, 2.24) is 15.1 Å². The minimum Gasteiger partial charge on any atom is -0.481 e. The molecule has 1 aliphatic rings. The van der Waals surface area contributed by atoms with Gasteiger partial charge in [0.05, 0.1) is 5.92 Å². The third-order valence-corrected chi connectivity index (χ3v) is 3.97. The first-order valence-electron chi connectivity index (χ1n) is 6.77. The minimum absolute atomic E-state index is 0.155. The number of piperidine rings is 1. The second-order valence-corrected chi connectivity index (χ2v) is 5.55. The van der Waals surface area contributed by atoms with E-state index in [1.165, 1.54) is 0 Å². The summed E-state index contributed by atoms with van der Waals surface area (Å²) in [6, 6.07) is 0.00814. The molecule has 6 heteroatoms. The molecule has 110 valence electrons. The predicted octanol–water partition coefficient (Wildman–Crippen LogP) is 0.831. The number of carbonyl (C=O) groups is 2. The lowest BCUT2D eigenvalue weighted by molar-refractivity contribution is -0.141. The number of carboxylic acids is 1. The molecular weight excluding hydrogens is 246 g/mol. The van der Waals surface area contributed by atoms with Gasteiger partial charge in [0.1, 0.15) is 0 Å². The van der Waals surface area contributed by atoms with Crippen molar-refractivity contribution in [2.24, 2.45) is 5.92 Å². The van der Waals surface area contributed by atoms with Gasteiger partial charge in [-0.25, -0.2) is 4.79 Å². The number of likely N-dealkylation sites (tertiary alicyclic amines) is 1. The molecule has 0 aromatic heterocycles. The van der Waals surface area contributed by atoms with Crippen LogP contribution in [0.5, 0.6) is 0 Å². The molecule has 2 atom stereocenters. The van der Waals surface area contributed by atoms with Crippen molar-refractivity contribution in [2.45, 2.75) is 38.8 Å². The highest BCUT2D eigenvalue weighted by atomic mass is 16.4. The van der Waals surface area contributed by atoms with E-state index in [9.17, 15) is 9.59 Å². The van der Waals surface area contributed by atoms with Gasteiger partial charge in [-0.3, -0.25) is 4.79 Å². The van der Waals surface area contributed by atoms with Crippen LogP contribution in [0.1, 0.15) is 26.7 Å². The number of rotatable bonds is 4. The van der Waals surface area contributed by atoms with Gasteiger partial charge < -0.3 is 20.2 Å². The number of nitrogens with zero attached hydrogens (tertiary/aromatic N) is 2. The molecule has 0 bridgehead atoms. The Bertz CT molecular complexity index is 325. The molecule has 0 spiro atoms. The number of aliphatic carboxylic acids is 1. The first kappa shape index (κ1) is 15.8. The van der Waals surface area contributed by atoms with Crippen molar-refractivity contribution >= 4 is 12.0 Å². The van der Waals surface area contributed by atoms with Crippen LogP contribution in [0.2, 0.25) is 0 Å². The summed E-state index contributed by atoms with van der Waals surface area (Å²) < 4.78 is 0. The zero-order chi connectivity index (χ0) is 14.6. The second-order valence-electron chi connectivity index (χ2n) is 5.55. The number of urea groups is 1. The second kappa shape index (κ2) is 6.75. The molecular formula is C13H25N3O3. The summed E-state index contributed by atoms with van der Waals surface area (Å²) in [6.07, 6.45) is 1.92. The quantitative estimate of drug-likeness (QED) is 0.794. The topological polar surface area (TPSA) is 72.9 Å². The fraction of sp³-hybridized carbons (Fsp3) is 0.846. The van der Waals surface area contributed by atoms with Crippen LogP contribution in [-0.4, -0.2) is 66.2 Å². The van der Waals surface area contributed by atoms with E-state index in [1.54, 1.807) is 18.7 Å². The highest BCUT2D eigenvalue weighted by molar-refractivity contribution is 5.76. The Labute approximate surface area is 114 Å². The Morgan fingerprint density at radius 3 is 2.21 bits per heavy atom. The highest BCUT2D eigenvalue weighted by Crippen LogP contribution is 2.14. The molecule has 1 fully saturated rings. The van der Waals surface area contributed by atoms with Crippen molar-refractivity contribution in [3.63, 3.8) is 0 Å². The smallest absolute Gasteiger partial charge is 0.317 e. The van der Waals surface area contributed by atoms with Crippen LogP contribution in [0.25, 0.3) is 0 Å². The fourth-order valence-electron chi connectivity index (χ4n) is 2.21. The van der Waals surface area contributed by atoms with Crippen molar-refractivity contribution in [2.75, 3.05) is 27.2 Å². The summed E-state index contributed by atoms with van der Waals surface area (Å²) in [7, 11) is 4.11. The van der Waals surface area contributed by atoms with Gasteiger partial charge in [-0.05, 0) is 40.8 Å². The Hall–Kier alpha value is -1.30. The van der Waals surface area contributed by atoms with Gasteiger partial charge in [0.2, 0.25) is 0 Å². The summed E-state index contributed by atoms with van der Waals surface area (Å²) in [4.78, 5) is 26.8. The molecule has 2 amide bonds. The van der Waals surface area contributed by atoms with Gasteiger partial charge >= 0.3 is 12.0 Å². The van der Waals surface area contributed by atoms with Crippen LogP contribution in [0.4, 0.5) is 4.79 Å². The highest BCUT2D eigenvalue weighted by Gasteiger charge is 2.27. The molecule has 1 rings (SSSR count). The molecule has 0 radical (unpaired) electrons. The van der Waals surface area contributed by atoms with Crippen LogP contribution in [0, 0.1) is 5.92 Å². The van der Waals surface area contributed by atoms with Gasteiger partial charge in [0.25, 0.3) is 0 Å². The Morgan fingerprint density at radius 1 is 1.26 bits per heavy atom. The molecule has 0 saturated carbocycles. The van der Waals surface area contributed by atoms with Gasteiger partial charge in [-0.15, -0.1) is 0 Å². The summed E-state index contributed by atoms with van der Waals surface area (Å²) in [5.41, 5.74) is 0. The summed E-state index contributed by atoms with van der Waals surface area (Å²) in [5, 5.41) is 11.7. The van der Waals surface area contributed by atoms with E-state index in [4.69, 9.17) is 5.11 Å². The fourth-order valence-corrected chi connectivity index (χ4v) is 2.21. The molecule has 0 aliphatic carbocycles. The first-order chi connectivity index (χ1) is 8.82. The molecule has 6 nitrogen and oxygen atoms in total. The summed E-state index contributed by atoms with van der Waals surface area (Å²) in [6.45, 7) is 4.78. The Morgan fingerprint density at radius 2 is 1.79 bits per heavy atom. The predicted molar refractivity (Wildman–Crippen MR) is 73.1 cm³/mol. The van der Waals surface area contributed by atoms with Crippen LogP contribution in [0.3, 0.4) is 0 Å². The number of nitrogens with one attached hydrogen (secondary N) is 1. The maximum atomic E-state index is 12.0. The van der Waals surface area contributed by atoms with E-state index in [2.05, 4.69) is 24.3 Å². The van der Waals surface area contributed by atoms with Crippen LogP contribution >= 0.6 is 0 Å². The zero-order valence-corrected chi connectivity index (χ0v) is 12.2. The minimum atomic E-state index is -0.890. The van der Waals surface area contributed by atoms with Gasteiger partial charge in [-0.1, -0.05) is 0 Å². The van der Waals surface area contributed by atoms with Crippen LogP contribution < -0.4 is 5.32 Å². The number of amides is 2. The van der Waals surface area contributed by atoms with Gasteiger partial charge in [-0.2, -0.15) is 0 Å². The lowest BCUT2D eigenvalue weighted by Gasteiger charge is -2.35. The molecule has 19 heavy (non-hydrogen) atoms. The Balaban J connectivity index is 2.41. The first-order valence-corrected chi connectivity index (χ1v) is 6.77. The van der Waals surface area contributed by atoms with E-state index in [0.717, 1.165) is 25.9 Å². The normalized spacial score (nSPS) is 20.2. The third-order valence-electron chi connectivity index (χ3n) is 3.97. The number of hydrogen-bond donors (Lipinski definition) is 2. The third kappa shape index (κ3) is 4.38. The standard InChI is InChI=1S/C13H25N3O3/c1-9(12(17)18)10(2)14-13(19)16-7-5-11(6-8-16)15(3)4/h9-11H,5-8H2,1-4H3,(H,14,19)(H,17,18).